The van der Waals surface area contributed by atoms with Crippen molar-refractivity contribution < 1.29 is 0 Å². The lowest BCUT2D eigenvalue weighted by atomic mass is 10.2. The van der Waals surface area contributed by atoms with Crippen LogP contribution in [0.25, 0.3) is 34.4 Å². The first-order valence-electron chi connectivity index (χ1n) is 9.00. The molecule has 2 aromatic carbocycles. The van der Waals surface area contributed by atoms with E-state index in [-0.39, 0.29) is 28.7 Å². The third kappa shape index (κ3) is 3.53. The minimum Gasteiger partial charge on any atom is -0.247 e. The third-order valence-electron chi connectivity index (χ3n) is 4.39. The summed E-state index contributed by atoms with van der Waals surface area (Å²) in [4.78, 5) is 8.80. The maximum absolute atomic E-state index is 9.37. The average molecular weight is 462 g/mol. The Kier molecular flexibility index (Phi) is 4.98. The summed E-state index contributed by atoms with van der Waals surface area (Å²) < 4.78 is 2.94. The van der Waals surface area contributed by atoms with Crippen LogP contribution in [0.4, 0.5) is 0 Å². The van der Waals surface area contributed by atoms with Crippen LogP contribution in [0.2, 0.25) is 10.0 Å². The minimum absolute atomic E-state index is 0.0833. The van der Waals surface area contributed by atoms with Gasteiger partial charge in [-0.15, -0.1) is 10.2 Å². The first kappa shape index (κ1) is 19.7. The topological polar surface area (TPSA) is 137 Å². The Morgan fingerprint density at radius 2 is 1.22 bits per heavy atom. The first-order valence-corrected chi connectivity index (χ1v) is 9.76. The molecule has 0 saturated carbocycles. The maximum Gasteiger partial charge on any atom is 0.207 e. The van der Waals surface area contributed by atoms with Gasteiger partial charge in [0.25, 0.3) is 0 Å². The van der Waals surface area contributed by atoms with E-state index in [0.717, 1.165) is 0 Å². The number of hydrogen-bond donors (Lipinski definition) is 0. The number of rotatable bonds is 4. The number of nitriles is 1. The number of benzene rings is 2. The van der Waals surface area contributed by atoms with Gasteiger partial charge in [-0.1, -0.05) is 23.2 Å². The zero-order chi connectivity index (χ0) is 22.1. The Morgan fingerprint density at radius 1 is 0.719 bits per heavy atom. The molecule has 5 rings (SSSR count). The zero-order valence-corrected chi connectivity index (χ0v) is 17.4. The lowest BCUT2D eigenvalue weighted by Crippen LogP contribution is -2.07. The summed E-state index contributed by atoms with van der Waals surface area (Å²) in [5.74, 6) is 0.530. The van der Waals surface area contributed by atoms with Crippen molar-refractivity contribution in [1.82, 2.24) is 50.4 Å². The molecular weight excluding hydrogens is 453 g/mol. The highest BCUT2D eigenvalue weighted by Gasteiger charge is 2.24. The highest BCUT2D eigenvalue weighted by molar-refractivity contribution is 6.30. The summed E-state index contributed by atoms with van der Waals surface area (Å²) in [7, 11) is 0. The van der Waals surface area contributed by atoms with Gasteiger partial charge >= 0.3 is 0 Å². The Balaban J connectivity index is 1.70. The molecule has 0 fully saturated rings. The smallest absolute Gasteiger partial charge is 0.207 e. The molecule has 0 unspecified atom stereocenters. The molecule has 5 aromatic rings. The standard InChI is InChI=1S/C19H9Cl2N11/c20-11-1-5-14(6-2-11)31-18(25-27-29-31)16-17(24-13(9-22)10-23-16)19-26-28-30-32(19)15-7-3-12(21)4-8-15/h1-8,10H. The van der Waals surface area contributed by atoms with Gasteiger partial charge in [0.15, 0.2) is 5.69 Å². The molecule has 11 nitrogen and oxygen atoms in total. The van der Waals surface area contributed by atoms with E-state index in [9.17, 15) is 5.26 Å². The van der Waals surface area contributed by atoms with Crippen molar-refractivity contribution in [1.29, 1.82) is 5.26 Å². The minimum atomic E-state index is 0.0833. The van der Waals surface area contributed by atoms with Gasteiger partial charge < -0.3 is 0 Å². The van der Waals surface area contributed by atoms with Gasteiger partial charge in [-0.25, -0.2) is 9.97 Å². The molecule has 3 aromatic heterocycles. The van der Waals surface area contributed by atoms with Crippen LogP contribution in [0.1, 0.15) is 5.69 Å². The molecule has 0 radical (unpaired) electrons. The van der Waals surface area contributed by atoms with Gasteiger partial charge in [-0.05, 0) is 69.4 Å². The fourth-order valence-corrected chi connectivity index (χ4v) is 3.20. The van der Waals surface area contributed by atoms with Crippen molar-refractivity contribution in [2.24, 2.45) is 0 Å². The molecule has 3 heterocycles. The number of nitrogens with zero attached hydrogens (tertiary/aromatic N) is 11. The molecule has 154 valence electrons. The summed E-state index contributed by atoms with van der Waals surface area (Å²) in [5, 5.41) is 34.4. The van der Waals surface area contributed by atoms with Gasteiger partial charge in [0.1, 0.15) is 17.5 Å². The molecule has 0 saturated heterocycles. The SMILES string of the molecule is N#Cc1cnc(-c2nnnn2-c2ccc(Cl)cc2)c(-c2nnnn2-c2ccc(Cl)cc2)n1. The van der Waals surface area contributed by atoms with E-state index in [0.29, 0.717) is 21.4 Å². The van der Waals surface area contributed by atoms with Crippen molar-refractivity contribution in [3.63, 3.8) is 0 Å². The largest absolute Gasteiger partial charge is 0.247 e. The fourth-order valence-electron chi connectivity index (χ4n) is 2.94. The van der Waals surface area contributed by atoms with Gasteiger partial charge in [-0.2, -0.15) is 14.6 Å². The van der Waals surface area contributed by atoms with Crippen molar-refractivity contribution >= 4 is 23.2 Å². The van der Waals surface area contributed by atoms with E-state index < -0.39 is 0 Å². The molecule has 0 aliphatic rings. The molecule has 0 N–H and O–H groups in total. The van der Waals surface area contributed by atoms with Crippen LogP contribution < -0.4 is 0 Å². The number of tetrazole rings is 2. The van der Waals surface area contributed by atoms with E-state index in [1.54, 1.807) is 48.5 Å². The van der Waals surface area contributed by atoms with Crippen LogP contribution in [0, 0.1) is 11.3 Å². The Bertz CT molecular complexity index is 1450. The van der Waals surface area contributed by atoms with Crippen molar-refractivity contribution in [2.75, 3.05) is 0 Å². The molecule has 0 atom stereocenters. The Hall–Kier alpha value is -4.27. The summed E-state index contributed by atoms with van der Waals surface area (Å²) in [6, 6.07) is 15.9. The van der Waals surface area contributed by atoms with Crippen molar-refractivity contribution in [3.05, 3.63) is 70.5 Å². The fraction of sp³-hybridized carbons (Fsp3) is 0. The molecule has 0 spiro atoms. The first-order chi connectivity index (χ1) is 15.6. The monoisotopic (exact) mass is 461 g/mol. The Labute approximate surface area is 189 Å². The predicted molar refractivity (Wildman–Crippen MR) is 113 cm³/mol. The normalized spacial score (nSPS) is 10.8. The van der Waals surface area contributed by atoms with E-state index in [4.69, 9.17) is 23.2 Å². The average Bonchev–Trinajstić information content (AvgIpc) is 3.50. The Morgan fingerprint density at radius 3 is 1.72 bits per heavy atom. The maximum atomic E-state index is 9.37. The van der Waals surface area contributed by atoms with Crippen LogP contribution >= 0.6 is 23.2 Å². The molecule has 0 aliphatic carbocycles. The van der Waals surface area contributed by atoms with Crippen LogP contribution in [0.15, 0.2) is 54.7 Å². The highest BCUT2D eigenvalue weighted by atomic mass is 35.5. The molecular formula is C19H9Cl2N11. The lowest BCUT2D eigenvalue weighted by Gasteiger charge is -2.09. The van der Waals surface area contributed by atoms with Gasteiger partial charge in [0, 0.05) is 10.0 Å². The van der Waals surface area contributed by atoms with Crippen molar-refractivity contribution in [2.45, 2.75) is 0 Å². The third-order valence-corrected chi connectivity index (χ3v) is 4.90. The number of aromatic nitrogens is 10. The highest BCUT2D eigenvalue weighted by Crippen LogP contribution is 2.28. The van der Waals surface area contributed by atoms with E-state index in [2.05, 4.69) is 41.0 Å². The number of halogens is 2. The predicted octanol–water partition coefficient (Wildman–Crippen LogP) is 2.94. The van der Waals surface area contributed by atoms with Crippen LogP contribution in [-0.4, -0.2) is 50.4 Å². The van der Waals surface area contributed by atoms with E-state index in [1.807, 2.05) is 6.07 Å². The van der Waals surface area contributed by atoms with E-state index in [1.165, 1.54) is 15.6 Å². The van der Waals surface area contributed by atoms with Crippen LogP contribution in [0.5, 0.6) is 0 Å². The summed E-state index contributed by atoms with van der Waals surface area (Å²) in [6.45, 7) is 0. The van der Waals surface area contributed by atoms with Gasteiger partial charge in [0.2, 0.25) is 11.6 Å². The zero-order valence-electron chi connectivity index (χ0n) is 15.9. The summed E-state index contributed by atoms with van der Waals surface area (Å²) in [6.07, 6.45) is 1.33. The number of hydrogen-bond acceptors (Lipinski definition) is 9. The van der Waals surface area contributed by atoms with Crippen molar-refractivity contribution in [3.8, 4) is 40.5 Å². The second-order valence-corrected chi connectivity index (χ2v) is 7.22. The second-order valence-electron chi connectivity index (χ2n) is 6.35. The second kappa shape index (κ2) is 8.10. The quantitative estimate of drug-likeness (QED) is 0.395. The van der Waals surface area contributed by atoms with Crippen LogP contribution in [-0.2, 0) is 0 Å². The molecule has 0 amide bonds. The lowest BCUT2D eigenvalue weighted by molar-refractivity contribution is 0.788. The molecule has 0 aliphatic heterocycles. The summed E-state index contributed by atoms with van der Waals surface area (Å²) >= 11 is 12.0. The van der Waals surface area contributed by atoms with E-state index >= 15 is 0 Å². The molecule has 13 heteroatoms. The van der Waals surface area contributed by atoms with Gasteiger partial charge in [0.05, 0.1) is 17.6 Å². The van der Waals surface area contributed by atoms with Crippen LogP contribution in [0.3, 0.4) is 0 Å². The van der Waals surface area contributed by atoms with Gasteiger partial charge in [-0.3, -0.25) is 0 Å². The molecule has 0 bridgehead atoms. The molecule has 32 heavy (non-hydrogen) atoms. The summed E-state index contributed by atoms with van der Waals surface area (Å²) in [5.41, 5.74) is 1.90.